The number of nitrogens with zero attached hydrogens (tertiary/aromatic N) is 3. The van der Waals surface area contributed by atoms with Gasteiger partial charge in [-0.3, -0.25) is 14.5 Å². The Morgan fingerprint density at radius 3 is 2.72 bits per heavy atom. The molecule has 0 aliphatic carbocycles. The number of aromatic nitrogens is 2. The minimum Gasteiger partial charge on any atom is -0.353 e. The lowest BCUT2D eigenvalue weighted by Crippen LogP contribution is -2.52. The van der Waals surface area contributed by atoms with Crippen LogP contribution in [-0.2, 0) is 9.59 Å². The fourth-order valence-corrected chi connectivity index (χ4v) is 4.25. The largest absolute Gasteiger partial charge is 0.353 e. The van der Waals surface area contributed by atoms with Crippen molar-refractivity contribution in [2.24, 2.45) is 0 Å². The Labute approximate surface area is 190 Å². The minimum absolute atomic E-state index is 0.0266. The van der Waals surface area contributed by atoms with E-state index in [0.29, 0.717) is 18.8 Å². The summed E-state index contributed by atoms with van der Waals surface area (Å²) in [7, 11) is 0. The van der Waals surface area contributed by atoms with Crippen LogP contribution in [0.5, 0.6) is 0 Å². The number of aryl methyl sites for hydroxylation is 1. The van der Waals surface area contributed by atoms with Gasteiger partial charge in [0, 0.05) is 24.3 Å². The van der Waals surface area contributed by atoms with E-state index in [9.17, 15) is 14.0 Å². The normalized spacial score (nSPS) is 16.6. The predicted molar refractivity (Wildman–Crippen MR) is 120 cm³/mol. The SMILES string of the molecule is Cc1nn(-c2ccccc2)c(C)c1[C@H]1C(=O)NCCN1CC(=O)Nc1ccc(F)cc1Cl. The summed E-state index contributed by atoms with van der Waals surface area (Å²) in [6, 6.07) is 12.8. The number of anilines is 1. The van der Waals surface area contributed by atoms with E-state index in [2.05, 4.69) is 15.7 Å². The van der Waals surface area contributed by atoms with E-state index in [1.807, 2.05) is 53.8 Å². The van der Waals surface area contributed by atoms with Crippen LogP contribution in [0.3, 0.4) is 0 Å². The number of carbonyl (C=O) groups excluding carboxylic acids is 2. The monoisotopic (exact) mass is 455 g/mol. The molecule has 32 heavy (non-hydrogen) atoms. The third-order valence-corrected chi connectivity index (χ3v) is 5.80. The summed E-state index contributed by atoms with van der Waals surface area (Å²) >= 11 is 6.02. The molecule has 9 heteroatoms. The number of amides is 2. The highest BCUT2D eigenvalue weighted by atomic mass is 35.5. The van der Waals surface area contributed by atoms with Gasteiger partial charge in [-0.1, -0.05) is 29.8 Å². The molecule has 1 aliphatic rings. The van der Waals surface area contributed by atoms with E-state index in [1.165, 1.54) is 12.1 Å². The molecule has 0 bridgehead atoms. The average molecular weight is 456 g/mol. The maximum absolute atomic E-state index is 13.3. The van der Waals surface area contributed by atoms with Crippen molar-refractivity contribution < 1.29 is 14.0 Å². The molecule has 0 unspecified atom stereocenters. The van der Waals surface area contributed by atoms with Gasteiger partial charge in [-0.25, -0.2) is 9.07 Å². The number of halogens is 2. The summed E-state index contributed by atoms with van der Waals surface area (Å²) in [5.74, 6) is -1.01. The van der Waals surface area contributed by atoms with E-state index < -0.39 is 11.9 Å². The van der Waals surface area contributed by atoms with Gasteiger partial charge in [0.15, 0.2) is 0 Å². The van der Waals surface area contributed by atoms with Gasteiger partial charge in [-0.2, -0.15) is 5.10 Å². The Balaban J connectivity index is 1.60. The van der Waals surface area contributed by atoms with E-state index in [1.54, 1.807) is 0 Å². The first-order chi connectivity index (χ1) is 15.3. The van der Waals surface area contributed by atoms with Gasteiger partial charge in [0.1, 0.15) is 11.9 Å². The van der Waals surface area contributed by atoms with Gasteiger partial charge in [-0.05, 0) is 44.2 Å². The molecular formula is C23H23ClFN5O2. The summed E-state index contributed by atoms with van der Waals surface area (Å²) in [4.78, 5) is 27.5. The molecule has 0 radical (unpaired) electrons. The minimum atomic E-state index is -0.657. The van der Waals surface area contributed by atoms with Crippen molar-refractivity contribution in [3.05, 3.63) is 76.3 Å². The van der Waals surface area contributed by atoms with Crippen LogP contribution in [0.4, 0.5) is 10.1 Å². The summed E-state index contributed by atoms with van der Waals surface area (Å²) in [5, 5.41) is 10.4. The van der Waals surface area contributed by atoms with Crippen LogP contribution in [0.1, 0.15) is 23.0 Å². The lowest BCUT2D eigenvalue weighted by atomic mass is 10.00. The molecule has 1 aromatic heterocycles. The number of para-hydroxylation sites is 1. The molecule has 0 saturated carbocycles. The lowest BCUT2D eigenvalue weighted by molar-refractivity contribution is -0.130. The first kappa shape index (κ1) is 22.0. The Kier molecular flexibility index (Phi) is 6.25. The third kappa shape index (κ3) is 4.37. The summed E-state index contributed by atoms with van der Waals surface area (Å²) in [5.41, 5.74) is 3.55. The molecule has 1 saturated heterocycles. The number of hydrogen-bond acceptors (Lipinski definition) is 4. The van der Waals surface area contributed by atoms with E-state index in [-0.39, 0.29) is 23.4 Å². The van der Waals surface area contributed by atoms with Crippen molar-refractivity contribution in [3.8, 4) is 5.69 Å². The Hall–Kier alpha value is -3.23. The lowest BCUT2D eigenvalue weighted by Gasteiger charge is -2.34. The van der Waals surface area contributed by atoms with Crippen LogP contribution in [0, 0.1) is 19.7 Å². The van der Waals surface area contributed by atoms with Crippen LogP contribution < -0.4 is 10.6 Å². The maximum Gasteiger partial charge on any atom is 0.242 e. The molecular weight excluding hydrogens is 433 g/mol. The maximum atomic E-state index is 13.3. The molecule has 2 aromatic carbocycles. The highest BCUT2D eigenvalue weighted by Gasteiger charge is 2.36. The number of carbonyl (C=O) groups is 2. The second kappa shape index (κ2) is 9.10. The first-order valence-electron chi connectivity index (χ1n) is 10.2. The first-order valence-corrected chi connectivity index (χ1v) is 10.6. The molecule has 4 rings (SSSR count). The van der Waals surface area contributed by atoms with Gasteiger partial charge in [0.2, 0.25) is 11.8 Å². The zero-order chi connectivity index (χ0) is 22.8. The van der Waals surface area contributed by atoms with Crippen molar-refractivity contribution in [2.75, 3.05) is 25.0 Å². The Morgan fingerprint density at radius 1 is 1.25 bits per heavy atom. The Bertz CT molecular complexity index is 1160. The predicted octanol–water partition coefficient (Wildman–Crippen LogP) is 3.39. The number of rotatable bonds is 5. The van der Waals surface area contributed by atoms with Crippen LogP contribution in [-0.4, -0.2) is 46.1 Å². The van der Waals surface area contributed by atoms with E-state index >= 15 is 0 Å². The molecule has 7 nitrogen and oxygen atoms in total. The Morgan fingerprint density at radius 2 is 2.00 bits per heavy atom. The van der Waals surface area contributed by atoms with Crippen LogP contribution >= 0.6 is 11.6 Å². The molecule has 2 amide bonds. The topological polar surface area (TPSA) is 79.3 Å². The molecule has 2 N–H and O–H groups in total. The van der Waals surface area contributed by atoms with Crippen molar-refractivity contribution >= 4 is 29.1 Å². The van der Waals surface area contributed by atoms with E-state index in [0.717, 1.165) is 28.7 Å². The molecule has 166 valence electrons. The van der Waals surface area contributed by atoms with Crippen LogP contribution in [0.25, 0.3) is 5.69 Å². The molecule has 2 heterocycles. The zero-order valence-corrected chi connectivity index (χ0v) is 18.5. The number of hydrogen-bond donors (Lipinski definition) is 2. The van der Waals surface area contributed by atoms with Gasteiger partial charge in [0.25, 0.3) is 0 Å². The van der Waals surface area contributed by atoms with Crippen LogP contribution in [0.15, 0.2) is 48.5 Å². The van der Waals surface area contributed by atoms with Gasteiger partial charge in [0.05, 0.1) is 28.6 Å². The highest BCUT2D eigenvalue weighted by Crippen LogP contribution is 2.30. The molecule has 1 atom stereocenters. The molecule has 1 aliphatic heterocycles. The fraction of sp³-hybridized carbons (Fsp3) is 0.261. The standard InChI is InChI=1S/C23H23ClFN5O2/c1-14-21(15(2)30(28-14)17-6-4-3-5-7-17)22-23(32)26-10-11-29(22)13-20(31)27-19-9-8-16(25)12-18(19)24/h3-9,12,22H,10-11,13H2,1-2H3,(H,26,32)(H,27,31)/t22-/m0/s1. The number of nitrogens with one attached hydrogen (secondary N) is 2. The van der Waals surface area contributed by atoms with Gasteiger partial charge in [-0.15, -0.1) is 0 Å². The van der Waals surface area contributed by atoms with Crippen LogP contribution in [0.2, 0.25) is 5.02 Å². The van der Waals surface area contributed by atoms with Crippen molar-refractivity contribution in [1.29, 1.82) is 0 Å². The molecule has 3 aromatic rings. The third-order valence-electron chi connectivity index (χ3n) is 5.49. The summed E-state index contributed by atoms with van der Waals surface area (Å²) in [6.45, 7) is 4.68. The summed E-state index contributed by atoms with van der Waals surface area (Å²) in [6.07, 6.45) is 0. The molecule has 0 spiro atoms. The number of benzene rings is 2. The van der Waals surface area contributed by atoms with Gasteiger partial charge < -0.3 is 10.6 Å². The number of piperazine rings is 1. The van der Waals surface area contributed by atoms with Crippen molar-refractivity contribution in [1.82, 2.24) is 20.0 Å². The van der Waals surface area contributed by atoms with E-state index in [4.69, 9.17) is 11.6 Å². The second-order valence-corrected chi connectivity index (χ2v) is 8.08. The summed E-state index contributed by atoms with van der Waals surface area (Å²) < 4.78 is 15.1. The smallest absolute Gasteiger partial charge is 0.242 e. The van der Waals surface area contributed by atoms with Crippen molar-refractivity contribution in [2.45, 2.75) is 19.9 Å². The highest BCUT2D eigenvalue weighted by molar-refractivity contribution is 6.33. The second-order valence-electron chi connectivity index (χ2n) is 7.67. The average Bonchev–Trinajstić information content (AvgIpc) is 3.05. The molecule has 1 fully saturated rings. The van der Waals surface area contributed by atoms with Gasteiger partial charge >= 0.3 is 0 Å². The van der Waals surface area contributed by atoms with Crippen molar-refractivity contribution in [3.63, 3.8) is 0 Å². The fourth-order valence-electron chi connectivity index (χ4n) is 4.03. The zero-order valence-electron chi connectivity index (χ0n) is 17.7. The quantitative estimate of drug-likeness (QED) is 0.618.